The number of hydrogen-bond acceptors (Lipinski definition) is 7. The van der Waals surface area contributed by atoms with Crippen LogP contribution in [-0.4, -0.2) is 35.2 Å². The lowest BCUT2D eigenvalue weighted by molar-refractivity contribution is -0.0584. The summed E-state index contributed by atoms with van der Waals surface area (Å²) in [5.74, 6) is 0.137. The number of esters is 1. The summed E-state index contributed by atoms with van der Waals surface area (Å²) in [6.45, 7) is 3.77. The molecule has 0 aliphatic carbocycles. The van der Waals surface area contributed by atoms with Crippen molar-refractivity contribution in [1.29, 1.82) is 5.41 Å². The van der Waals surface area contributed by atoms with E-state index in [2.05, 4.69) is 10.3 Å². The first-order valence-corrected chi connectivity index (χ1v) is 7.99. The van der Waals surface area contributed by atoms with E-state index in [1.54, 1.807) is 6.92 Å². The Morgan fingerprint density at radius 3 is 2.73 bits per heavy atom. The molecule has 0 bridgehead atoms. The van der Waals surface area contributed by atoms with Gasteiger partial charge < -0.3 is 10.1 Å². The van der Waals surface area contributed by atoms with Crippen molar-refractivity contribution in [2.75, 3.05) is 17.7 Å². The molecule has 0 saturated heterocycles. The summed E-state index contributed by atoms with van der Waals surface area (Å²) in [6.07, 6.45) is -3.15. The van der Waals surface area contributed by atoms with Crippen LogP contribution >= 0.6 is 23.1 Å². The minimum absolute atomic E-state index is 0.139. The Balaban J connectivity index is 2.84. The van der Waals surface area contributed by atoms with E-state index in [0.29, 0.717) is 16.0 Å². The second kappa shape index (κ2) is 8.18. The number of thioether (sulfide) groups is 1. The summed E-state index contributed by atoms with van der Waals surface area (Å²) < 4.78 is 42.0. The first kappa shape index (κ1) is 18.5. The fourth-order valence-electron chi connectivity index (χ4n) is 1.22. The zero-order chi connectivity index (χ0) is 16.8. The second-order valence-corrected chi connectivity index (χ2v) is 6.23. The van der Waals surface area contributed by atoms with E-state index in [0.717, 1.165) is 17.5 Å². The molecule has 0 aliphatic heterocycles. The lowest BCUT2D eigenvalue weighted by Gasteiger charge is -2.02. The number of ether oxygens (including phenoxy) is 1. The van der Waals surface area contributed by atoms with E-state index < -0.39 is 17.9 Å². The SMILES string of the molecule is CCOC(=O)c1nc(N/C=C\C(=N)C(F)(F)F)sc1SCC. The fraction of sp³-hybridized carbons (Fsp3) is 0.417. The molecule has 1 heterocycles. The summed E-state index contributed by atoms with van der Waals surface area (Å²) in [5, 5.41) is 9.58. The highest BCUT2D eigenvalue weighted by Crippen LogP contribution is 2.33. The van der Waals surface area contributed by atoms with Crippen molar-refractivity contribution in [1.82, 2.24) is 4.98 Å². The van der Waals surface area contributed by atoms with Crippen LogP contribution in [0.15, 0.2) is 16.5 Å². The van der Waals surface area contributed by atoms with Crippen molar-refractivity contribution in [3.8, 4) is 0 Å². The zero-order valence-corrected chi connectivity index (χ0v) is 13.4. The van der Waals surface area contributed by atoms with Gasteiger partial charge in [0.2, 0.25) is 0 Å². The van der Waals surface area contributed by atoms with E-state index in [1.165, 1.54) is 11.8 Å². The van der Waals surface area contributed by atoms with Gasteiger partial charge in [0.05, 0.1) is 10.8 Å². The molecule has 0 aromatic carbocycles. The number of carbonyl (C=O) groups excluding carboxylic acids is 1. The second-order valence-electron chi connectivity index (χ2n) is 3.70. The number of hydrogen-bond donors (Lipinski definition) is 2. The molecular weight excluding hydrogens is 339 g/mol. The average molecular weight is 353 g/mol. The van der Waals surface area contributed by atoms with Gasteiger partial charge in [-0.25, -0.2) is 9.78 Å². The van der Waals surface area contributed by atoms with Crippen molar-refractivity contribution >= 4 is 39.9 Å². The molecule has 0 spiro atoms. The normalized spacial score (nSPS) is 11.7. The van der Waals surface area contributed by atoms with Gasteiger partial charge in [-0.3, -0.25) is 5.41 Å². The molecule has 1 aromatic heterocycles. The number of carbonyl (C=O) groups is 1. The molecule has 22 heavy (non-hydrogen) atoms. The summed E-state index contributed by atoms with van der Waals surface area (Å²) in [4.78, 5) is 15.8. The summed E-state index contributed by atoms with van der Waals surface area (Å²) in [6, 6.07) is 0. The van der Waals surface area contributed by atoms with E-state index in [9.17, 15) is 18.0 Å². The van der Waals surface area contributed by atoms with Crippen molar-refractivity contribution in [3.63, 3.8) is 0 Å². The van der Waals surface area contributed by atoms with Gasteiger partial charge in [-0.05, 0) is 18.8 Å². The predicted octanol–water partition coefficient (Wildman–Crippen LogP) is 3.94. The number of allylic oxidation sites excluding steroid dienone is 1. The third kappa shape index (κ3) is 5.34. The van der Waals surface area contributed by atoms with Gasteiger partial charge in [-0.15, -0.1) is 11.8 Å². The smallest absolute Gasteiger partial charge is 0.432 e. The molecule has 10 heteroatoms. The van der Waals surface area contributed by atoms with Crippen molar-refractivity contribution in [2.45, 2.75) is 24.2 Å². The number of thiazole rings is 1. The number of halogens is 3. The Labute approximate surface area is 133 Å². The topological polar surface area (TPSA) is 75.1 Å². The number of rotatable bonds is 7. The standard InChI is InChI=1S/C12H14F3N3O2S2/c1-3-20-9(19)8-10(21-4-2)22-11(18-8)17-6-5-7(16)12(13,14)15/h5-6,16H,3-4H2,1-2H3,(H,17,18)/b6-5-,16-7?. The lowest BCUT2D eigenvalue weighted by atomic mass is 10.3. The lowest BCUT2D eigenvalue weighted by Crippen LogP contribution is -2.19. The molecule has 0 amide bonds. The van der Waals surface area contributed by atoms with Crippen LogP contribution < -0.4 is 5.32 Å². The van der Waals surface area contributed by atoms with Gasteiger partial charge in [0.25, 0.3) is 0 Å². The van der Waals surface area contributed by atoms with Crippen LogP contribution in [-0.2, 0) is 4.74 Å². The molecule has 0 fully saturated rings. The predicted molar refractivity (Wildman–Crippen MR) is 81.0 cm³/mol. The highest BCUT2D eigenvalue weighted by atomic mass is 32.2. The monoisotopic (exact) mass is 353 g/mol. The maximum absolute atomic E-state index is 12.2. The van der Waals surface area contributed by atoms with E-state index in [4.69, 9.17) is 10.1 Å². The van der Waals surface area contributed by atoms with Crippen LogP contribution in [0.3, 0.4) is 0 Å². The van der Waals surface area contributed by atoms with Gasteiger partial charge in [0, 0.05) is 6.20 Å². The van der Waals surface area contributed by atoms with Crippen molar-refractivity contribution in [2.24, 2.45) is 0 Å². The maximum Gasteiger partial charge on any atom is 0.432 e. The molecule has 0 radical (unpaired) electrons. The largest absolute Gasteiger partial charge is 0.461 e. The van der Waals surface area contributed by atoms with Gasteiger partial charge in [-0.2, -0.15) is 13.2 Å². The molecule has 0 atom stereocenters. The van der Waals surface area contributed by atoms with Crippen LogP contribution in [0, 0.1) is 5.41 Å². The Bertz CT molecular complexity index is 570. The number of anilines is 1. The number of alkyl halides is 3. The van der Waals surface area contributed by atoms with Crippen molar-refractivity contribution in [3.05, 3.63) is 18.0 Å². The minimum atomic E-state index is -4.69. The molecule has 0 unspecified atom stereocenters. The Morgan fingerprint density at radius 1 is 1.50 bits per heavy atom. The molecular formula is C12H14F3N3O2S2. The van der Waals surface area contributed by atoms with Crippen LogP contribution in [0.5, 0.6) is 0 Å². The highest BCUT2D eigenvalue weighted by molar-refractivity contribution is 8.01. The molecule has 5 nitrogen and oxygen atoms in total. The number of aromatic nitrogens is 1. The van der Waals surface area contributed by atoms with Gasteiger partial charge in [0.1, 0.15) is 5.71 Å². The first-order valence-electron chi connectivity index (χ1n) is 6.19. The van der Waals surface area contributed by atoms with E-state index >= 15 is 0 Å². The quantitative estimate of drug-likeness (QED) is 0.441. The van der Waals surface area contributed by atoms with Crippen LogP contribution in [0.25, 0.3) is 0 Å². The Kier molecular flexibility index (Phi) is 6.88. The molecule has 1 rings (SSSR count). The average Bonchev–Trinajstić information content (AvgIpc) is 2.81. The molecule has 0 aliphatic rings. The van der Waals surface area contributed by atoms with Gasteiger partial charge in [-0.1, -0.05) is 18.3 Å². The van der Waals surface area contributed by atoms with Crippen molar-refractivity contribution < 1.29 is 22.7 Å². The van der Waals surface area contributed by atoms with Gasteiger partial charge >= 0.3 is 12.1 Å². The molecule has 2 N–H and O–H groups in total. The molecule has 1 aromatic rings. The van der Waals surface area contributed by atoms with Gasteiger partial charge in [0.15, 0.2) is 10.8 Å². The Hall–Kier alpha value is -1.55. The zero-order valence-electron chi connectivity index (χ0n) is 11.8. The number of nitrogens with one attached hydrogen (secondary N) is 2. The highest BCUT2D eigenvalue weighted by Gasteiger charge is 2.32. The Morgan fingerprint density at radius 2 is 2.18 bits per heavy atom. The third-order valence-electron chi connectivity index (χ3n) is 2.10. The third-order valence-corrected chi connectivity index (χ3v) is 4.23. The summed E-state index contributed by atoms with van der Waals surface area (Å²) >= 11 is 2.52. The summed E-state index contributed by atoms with van der Waals surface area (Å²) in [7, 11) is 0. The van der Waals surface area contributed by atoms with Crippen LogP contribution in [0.1, 0.15) is 24.3 Å². The maximum atomic E-state index is 12.2. The van der Waals surface area contributed by atoms with E-state index in [-0.39, 0.29) is 17.4 Å². The minimum Gasteiger partial charge on any atom is -0.461 e. The molecule has 0 saturated carbocycles. The summed E-state index contributed by atoms with van der Waals surface area (Å²) in [5.41, 5.74) is -1.34. The van der Waals surface area contributed by atoms with E-state index in [1.807, 2.05) is 6.92 Å². The number of nitrogens with zero attached hydrogens (tertiary/aromatic N) is 1. The first-order chi connectivity index (χ1) is 10.3. The van der Waals surface area contributed by atoms with Crippen LogP contribution in [0.4, 0.5) is 18.3 Å². The fourth-order valence-corrected chi connectivity index (χ4v) is 3.24. The molecule has 122 valence electrons. The van der Waals surface area contributed by atoms with Crippen LogP contribution in [0.2, 0.25) is 0 Å².